The molecule has 0 aliphatic carbocycles. The van der Waals surface area contributed by atoms with Gasteiger partial charge in [0.15, 0.2) is 11.0 Å². The molecular weight excluding hydrogens is 423 g/mol. The Morgan fingerprint density at radius 1 is 1.21 bits per heavy atom. The van der Waals surface area contributed by atoms with Gasteiger partial charge in [0.1, 0.15) is 5.75 Å². The van der Waals surface area contributed by atoms with Gasteiger partial charge in [0.25, 0.3) is 0 Å². The van der Waals surface area contributed by atoms with Crippen molar-refractivity contribution < 1.29 is 17.9 Å². The molecule has 0 fully saturated rings. The monoisotopic (exact) mass is 439 g/mol. The van der Waals surface area contributed by atoms with Crippen LogP contribution >= 0.6 is 23.4 Å². The second-order valence-electron chi connectivity index (χ2n) is 6.04. The van der Waals surface area contributed by atoms with Crippen LogP contribution in [-0.2, 0) is 18.5 Å². The number of thioether (sulfide) groups is 1. The van der Waals surface area contributed by atoms with Gasteiger partial charge in [-0.1, -0.05) is 47.6 Å². The van der Waals surface area contributed by atoms with Crippen molar-refractivity contribution in [2.75, 3.05) is 7.11 Å². The number of allylic oxidation sites excluding steroid dienone is 1. The van der Waals surface area contributed by atoms with E-state index in [2.05, 4.69) is 16.8 Å². The lowest BCUT2D eigenvalue weighted by Crippen LogP contribution is -2.05. The molecule has 29 heavy (non-hydrogen) atoms. The van der Waals surface area contributed by atoms with E-state index in [9.17, 15) is 13.2 Å². The van der Waals surface area contributed by atoms with Gasteiger partial charge in [-0.05, 0) is 29.8 Å². The van der Waals surface area contributed by atoms with Crippen LogP contribution in [0.5, 0.6) is 5.75 Å². The first kappa shape index (κ1) is 21.3. The molecule has 0 saturated heterocycles. The van der Waals surface area contributed by atoms with E-state index in [1.807, 2.05) is 4.57 Å². The van der Waals surface area contributed by atoms with Crippen LogP contribution in [0, 0.1) is 0 Å². The Morgan fingerprint density at radius 2 is 2.00 bits per heavy atom. The smallest absolute Gasteiger partial charge is 0.416 e. The van der Waals surface area contributed by atoms with Gasteiger partial charge < -0.3 is 4.74 Å². The van der Waals surface area contributed by atoms with Crippen LogP contribution in [0.3, 0.4) is 0 Å². The highest BCUT2D eigenvalue weighted by atomic mass is 35.5. The number of alkyl halides is 3. The first-order valence-electron chi connectivity index (χ1n) is 8.50. The van der Waals surface area contributed by atoms with Gasteiger partial charge in [-0.2, -0.15) is 13.2 Å². The first-order chi connectivity index (χ1) is 13.8. The van der Waals surface area contributed by atoms with Crippen LogP contribution in [0.2, 0.25) is 5.02 Å². The highest BCUT2D eigenvalue weighted by Gasteiger charge is 2.30. The van der Waals surface area contributed by atoms with Crippen molar-refractivity contribution in [2.45, 2.75) is 23.6 Å². The predicted molar refractivity (Wildman–Crippen MR) is 108 cm³/mol. The Bertz CT molecular complexity index is 1020. The molecule has 0 N–H and O–H groups in total. The third-order valence-electron chi connectivity index (χ3n) is 4.05. The molecule has 9 heteroatoms. The van der Waals surface area contributed by atoms with Crippen molar-refractivity contribution in [1.29, 1.82) is 0 Å². The summed E-state index contributed by atoms with van der Waals surface area (Å²) in [6, 6.07) is 10.4. The fourth-order valence-electron chi connectivity index (χ4n) is 2.73. The predicted octanol–water partition coefficient (Wildman–Crippen LogP) is 6.10. The molecule has 0 aliphatic heterocycles. The van der Waals surface area contributed by atoms with E-state index < -0.39 is 11.7 Å². The summed E-state index contributed by atoms with van der Waals surface area (Å²) in [6.07, 6.45) is -2.68. The minimum atomic E-state index is -4.38. The van der Waals surface area contributed by atoms with Gasteiger partial charge >= 0.3 is 6.18 Å². The molecule has 1 heterocycles. The molecule has 0 atom stereocenters. The maximum absolute atomic E-state index is 12.9. The average molecular weight is 440 g/mol. The maximum atomic E-state index is 12.9. The van der Waals surface area contributed by atoms with Gasteiger partial charge in [-0.15, -0.1) is 16.8 Å². The van der Waals surface area contributed by atoms with Crippen molar-refractivity contribution in [3.05, 3.63) is 71.3 Å². The summed E-state index contributed by atoms with van der Waals surface area (Å²) in [5.74, 6) is 1.43. The Morgan fingerprint density at radius 3 is 2.69 bits per heavy atom. The quantitative estimate of drug-likeness (QED) is 0.329. The highest BCUT2D eigenvalue weighted by molar-refractivity contribution is 7.98. The molecule has 1 aromatic heterocycles. The van der Waals surface area contributed by atoms with Crippen molar-refractivity contribution in [2.24, 2.45) is 0 Å². The summed E-state index contributed by atoms with van der Waals surface area (Å²) in [4.78, 5) is 0. The number of halogens is 4. The largest absolute Gasteiger partial charge is 0.496 e. The summed E-state index contributed by atoms with van der Waals surface area (Å²) >= 11 is 7.42. The number of aromatic nitrogens is 3. The topological polar surface area (TPSA) is 39.9 Å². The van der Waals surface area contributed by atoms with Crippen molar-refractivity contribution >= 4 is 23.4 Å². The van der Waals surface area contributed by atoms with Crippen LogP contribution in [-0.4, -0.2) is 21.9 Å². The van der Waals surface area contributed by atoms with E-state index in [4.69, 9.17) is 16.3 Å². The molecule has 152 valence electrons. The molecule has 3 aromatic rings. The minimum Gasteiger partial charge on any atom is -0.496 e. The van der Waals surface area contributed by atoms with Crippen molar-refractivity contribution in [3.63, 3.8) is 0 Å². The lowest BCUT2D eigenvalue weighted by molar-refractivity contribution is -0.137. The Kier molecular flexibility index (Phi) is 6.54. The van der Waals surface area contributed by atoms with E-state index in [1.165, 1.54) is 17.8 Å². The molecule has 2 aromatic carbocycles. The van der Waals surface area contributed by atoms with Crippen molar-refractivity contribution in [3.8, 4) is 17.1 Å². The van der Waals surface area contributed by atoms with Crippen LogP contribution in [0.1, 0.15) is 11.1 Å². The van der Waals surface area contributed by atoms with Crippen LogP contribution < -0.4 is 4.74 Å². The standard InChI is InChI=1S/C20H17ClF3N3OS/c1-3-9-27-18(16-11-15(21)7-8-17(16)28-2)25-26-19(27)29-12-13-5-4-6-14(10-13)20(22,23)24/h3-8,10-11H,1,9,12H2,2H3. The van der Waals surface area contributed by atoms with E-state index in [0.29, 0.717) is 45.2 Å². The van der Waals surface area contributed by atoms with Crippen molar-refractivity contribution in [1.82, 2.24) is 14.8 Å². The Balaban J connectivity index is 1.90. The second-order valence-corrected chi connectivity index (χ2v) is 7.42. The summed E-state index contributed by atoms with van der Waals surface area (Å²) in [6.45, 7) is 4.18. The van der Waals surface area contributed by atoms with Gasteiger partial charge in [0, 0.05) is 17.3 Å². The van der Waals surface area contributed by atoms with E-state index in [-0.39, 0.29) is 0 Å². The third kappa shape index (κ3) is 4.94. The zero-order chi connectivity index (χ0) is 21.0. The molecule has 0 aliphatic rings. The number of nitrogens with zero attached hydrogens (tertiary/aromatic N) is 3. The number of benzene rings is 2. The summed E-state index contributed by atoms with van der Waals surface area (Å²) in [5.41, 5.74) is 0.535. The molecule has 3 rings (SSSR count). The van der Waals surface area contributed by atoms with E-state index >= 15 is 0 Å². The van der Waals surface area contributed by atoms with Crippen LogP contribution in [0.15, 0.2) is 60.3 Å². The summed E-state index contributed by atoms with van der Waals surface area (Å²) in [7, 11) is 1.55. The van der Waals surface area contributed by atoms with Gasteiger partial charge in [0.05, 0.1) is 18.2 Å². The molecule has 0 unspecified atom stereocenters. The summed E-state index contributed by atoms with van der Waals surface area (Å²) < 4.78 is 46.0. The first-order valence-corrected chi connectivity index (χ1v) is 9.86. The number of rotatable bonds is 7. The normalized spacial score (nSPS) is 11.5. The minimum absolute atomic E-state index is 0.311. The zero-order valence-corrected chi connectivity index (χ0v) is 17.0. The highest BCUT2D eigenvalue weighted by Crippen LogP contribution is 2.35. The fourth-order valence-corrected chi connectivity index (χ4v) is 3.79. The fraction of sp³-hybridized carbons (Fsp3) is 0.200. The number of methoxy groups -OCH3 is 1. The number of hydrogen-bond acceptors (Lipinski definition) is 4. The molecule has 4 nitrogen and oxygen atoms in total. The SMILES string of the molecule is C=CCn1c(SCc2cccc(C(F)(F)F)c2)nnc1-c1cc(Cl)ccc1OC. The summed E-state index contributed by atoms with van der Waals surface area (Å²) in [5, 5.41) is 9.53. The number of hydrogen-bond donors (Lipinski definition) is 0. The molecule has 0 bridgehead atoms. The van der Waals surface area contributed by atoms with Gasteiger partial charge in [-0.25, -0.2) is 0 Å². The second kappa shape index (κ2) is 8.92. The number of ether oxygens (including phenoxy) is 1. The zero-order valence-electron chi connectivity index (χ0n) is 15.4. The molecule has 0 spiro atoms. The average Bonchev–Trinajstić information content (AvgIpc) is 3.08. The third-order valence-corrected chi connectivity index (χ3v) is 5.33. The molecule has 0 saturated carbocycles. The van der Waals surface area contributed by atoms with Gasteiger partial charge in [-0.3, -0.25) is 4.57 Å². The molecule has 0 amide bonds. The Hall–Kier alpha value is -2.45. The molecular formula is C20H17ClF3N3OS. The van der Waals surface area contributed by atoms with E-state index in [0.717, 1.165) is 12.1 Å². The van der Waals surface area contributed by atoms with E-state index in [1.54, 1.807) is 37.5 Å². The Labute approximate surface area is 175 Å². The van der Waals surface area contributed by atoms with Crippen LogP contribution in [0.25, 0.3) is 11.4 Å². The molecule has 0 radical (unpaired) electrons. The maximum Gasteiger partial charge on any atom is 0.416 e. The van der Waals surface area contributed by atoms with Crippen LogP contribution in [0.4, 0.5) is 13.2 Å². The lowest BCUT2D eigenvalue weighted by Gasteiger charge is -2.11. The lowest BCUT2D eigenvalue weighted by atomic mass is 10.1. The van der Waals surface area contributed by atoms with Gasteiger partial charge in [0.2, 0.25) is 0 Å².